The van der Waals surface area contributed by atoms with Crippen LogP contribution in [0.1, 0.15) is 12.0 Å². The molecule has 0 spiro atoms. The van der Waals surface area contributed by atoms with E-state index >= 15 is 0 Å². The van der Waals surface area contributed by atoms with Crippen molar-refractivity contribution in [3.8, 4) is 28.0 Å². The Kier molecular flexibility index (Phi) is 7.28. The lowest BCUT2D eigenvalue weighted by Gasteiger charge is -2.22. The molecule has 5 rings (SSSR count). The maximum absolute atomic E-state index is 13.6. The van der Waals surface area contributed by atoms with Crippen molar-refractivity contribution < 1.29 is 23.0 Å². The fraction of sp³-hybridized carbons (Fsp3) is 0.194. The van der Waals surface area contributed by atoms with E-state index < -0.39 is 6.04 Å². The van der Waals surface area contributed by atoms with Crippen molar-refractivity contribution in [3.05, 3.63) is 114 Å². The van der Waals surface area contributed by atoms with Crippen molar-refractivity contribution >= 4 is 5.97 Å². The van der Waals surface area contributed by atoms with E-state index in [1.165, 1.54) is 31.4 Å². The Bertz CT molecular complexity index is 1290. The van der Waals surface area contributed by atoms with Crippen LogP contribution in [0.2, 0.25) is 0 Å². The number of ether oxygens (including phenoxy) is 2. The molecule has 1 aliphatic heterocycles. The van der Waals surface area contributed by atoms with Crippen LogP contribution in [0.15, 0.2) is 97.1 Å². The minimum atomic E-state index is -0.410. The van der Waals surface area contributed by atoms with Crippen LogP contribution in [0.4, 0.5) is 8.78 Å². The van der Waals surface area contributed by atoms with E-state index in [0.29, 0.717) is 25.3 Å². The van der Waals surface area contributed by atoms with Gasteiger partial charge in [0.15, 0.2) is 0 Å². The van der Waals surface area contributed by atoms with Crippen molar-refractivity contribution in [2.75, 3.05) is 13.7 Å². The number of benzene rings is 4. The van der Waals surface area contributed by atoms with Crippen LogP contribution in [0.5, 0.6) is 5.75 Å². The lowest BCUT2D eigenvalue weighted by atomic mass is 9.98. The number of halogens is 2. The third-order valence-corrected chi connectivity index (χ3v) is 6.63. The summed E-state index contributed by atoms with van der Waals surface area (Å²) in [5.41, 5.74) is 4.47. The maximum atomic E-state index is 13.6. The number of methoxy groups -OCH3 is 1. The number of carbonyl (C=O) groups is 1. The van der Waals surface area contributed by atoms with Crippen LogP contribution in [0, 0.1) is 11.6 Å². The van der Waals surface area contributed by atoms with Gasteiger partial charge in [0, 0.05) is 19.5 Å². The fourth-order valence-corrected chi connectivity index (χ4v) is 4.80. The molecule has 37 heavy (non-hydrogen) atoms. The van der Waals surface area contributed by atoms with Crippen LogP contribution in [0.25, 0.3) is 22.3 Å². The predicted molar refractivity (Wildman–Crippen MR) is 139 cm³/mol. The highest BCUT2D eigenvalue weighted by atomic mass is 19.1. The highest BCUT2D eigenvalue weighted by molar-refractivity contribution is 5.76. The zero-order valence-corrected chi connectivity index (χ0v) is 20.4. The molecule has 4 aromatic carbocycles. The number of likely N-dealkylation sites (tertiary alicyclic amines) is 1. The molecule has 4 nitrogen and oxygen atoms in total. The third-order valence-electron chi connectivity index (χ3n) is 6.63. The fourth-order valence-electron chi connectivity index (χ4n) is 4.80. The van der Waals surface area contributed by atoms with Gasteiger partial charge in [0.05, 0.1) is 7.11 Å². The average molecular weight is 500 g/mol. The van der Waals surface area contributed by atoms with Crippen molar-refractivity contribution in [2.45, 2.75) is 25.1 Å². The van der Waals surface area contributed by atoms with Gasteiger partial charge in [-0.2, -0.15) is 0 Å². The largest absolute Gasteiger partial charge is 0.489 e. The zero-order valence-electron chi connectivity index (χ0n) is 20.4. The minimum Gasteiger partial charge on any atom is -0.489 e. The van der Waals surface area contributed by atoms with Crippen LogP contribution in [-0.4, -0.2) is 36.7 Å². The smallest absolute Gasteiger partial charge is 0.323 e. The summed E-state index contributed by atoms with van der Waals surface area (Å²) in [5.74, 6) is -0.285. The van der Waals surface area contributed by atoms with E-state index in [9.17, 15) is 13.6 Å². The number of hydrogen-bond donors (Lipinski definition) is 0. The van der Waals surface area contributed by atoms with Crippen LogP contribution < -0.4 is 4.74 Å². The van der Waals surface area contributed by atoms with Gasteiger partial charge in [0.2, 0.25) is 0 Å². The second-order valence-corrected chi connectivity index (χ2v) is 9.19. The maximum Gasteiger partial charge on any atom is 0.323 e. The zero-order chi connectivity index (χ0) is 25.8. The summed E-state index contributed by atoms with van der Waals surface area (Å²) < 4.78 is 38.6. The molecule has 4 aromatic rings. The molecule has 2 atom stereocenters. The number of nitrogens with zero attached hydrogens (tertiary/aromatic N) is 1. The second-order valence-electron chi connectivity index (χ2n) is 9.19. The Labute approximate surface area is 215 Å². The molecule has 1 saturated heterocycles. The first-order valence-electron chi connectivity index (χ1n) is 12.2. The molecule has 0 bridgehead atoms. The highest BCUT2D eigenvalue weighted by Crippen LogP contribution is 2.34. The number of rotatable bonds is 7. The summed E-state index contributed by atoms with van der Waals surface area (Å²) in [6, 6.07) is 27.9. The topological polar surface area (TPSA) is 38.8 Å². The molecule has 0 N–H and O–H groups in total. The molecular weight excluding hydrogens is 472 g/mol. The van der Waals surface area contributed by atoms with E-state index in [-0.39, 0.29) is 23.7 Å². The third kappa shape index (κ3) is 5.87. The van der Waals surface area contributed by atoms with Gasteiger partial charge in [0.25, 0.3) is 0 Å². The summed E-state index contributed by atoms with van der Waals surface area (Å²) in [7, 11) is 1.40. The minimum absolute atomic E-state index is 0.239. The Hall–Kier alpha value is -4.03. The standard InChI is InChI=1S/C31H27F2NO3/c1-36-31(35)30-18-29(20-34(30)19-21-5-3-2-4-6-21)37-28-16-24(22-7-11-26(32)12-8-22)15-25(17-28)23-9-13-27(33)14-10-23/h2-17,29-30H,18-20H2,1H3/t29-,30-/m0/s1. The molecule has 1 heterocycles. The van der Waals surface area contributed by atoms with Crippen molar-refractivity contribution in [2.24, 2.45) is 0 Å². The molecule has 1 fully saturated rings. The van der Waals surface area contributed by atoms with Crippen molar-refractivity contribution in [1.29, 1.82) is 0 Å². The molecule has 1 aliphatic rings. The Morgan fingerprint density at radius 3 is 1.92 bits per heavy atom. The molecule has 0 radical (unpaired) electrons. The van der Waals surface area contributed by atoms with E-state index in [4.69, 9.17) is 9.47 Å². The molecule has 188 valence electrons. The summed E-state index contributed by atoms with van der Waals surface area (Å²) in [4.78, 5) is 14.6. The molecular formula is C31H27F2NO3. The first kappa shape index (κ1) is 24.7. The van der Waals surface area contributed by atoms with Gasteiger partial charge in [-0.05, 0) is 70.3 Å². The van der Waals surface area contributed by atoms with Gasteiger partial charge in [-0.15, -0.1) is 0 Å². The SMILES string of the molecule is COC(=O)[C@@H]1C[C@H](Oc2cc(-c3ccc(F)cc3)cc(-c3ccc(F)cc3)c2)CN1Cc1ccccc1. The molecule has 0 aromatic heterocycles. The summed E-state index contributed by atoms with van der Waals surface area (Å²) in [6.07, 6.45) is 0.254. The van der Waals surface area contributed by atoms with Crippen molar-refractivity contribution in [3.63, 3.8) is 0 Å². The van der Waals surface area contributed by atoms with E-state index in [1.54, 1.807) is 24.3 Å². The van der Waals surface area contributed by atoms with E-state index in [2.05, 4.69) is 4.90 Å². The lowest BCUT2D eigenvalue weighted by Crippen LogP contribution is -2.36. The monoisotopic (exact) mass is 499 g/mol. The average Bonchev–Trinajstić information content (AvgIpc) is 3.31. The molecule has 6 heteroatoms. The summed E-state index contributed by atoms with van der Waals surface area (Å²) >= 11 is 0. The van der Waals surface area contributed by atoms with Gasteiger partial charge in [-0.1, -0.05) is 54.6 Å². The van der Waals surface area contributed by atoms with Crippen LogP contribution in [-0.2, 0) is 16.1 Å². The van der Waals surface area contributed by atoms with Gasteiger partial charge >= 0.3 is 5.97 Å². The number of carbonyl (C=O) groups excluding carboxylic acids is 1. The molecule has 0 unspecified atom stereocenters. The summed E-state index contributed by atoms with van der Waals surface area (Å²) in [6.45, 7) is 1.16. The van der Waals surface area contributed by atoms with E-state index in [1.807, 2.05) is 48.5 Å². The molecule has 0 saturated carbocycles. The Morgan fingerprint density at radius 2 is 1.38 bits per heavy atom. The second kappa shape index (κ2) is 10.9. The lowest BCUT2D eigenvalue weighted by molar-refractivity contribution is -0.146. The quantitative estimate of drug-likeness (QED) is 0.272. The Morgan fingerprint density at radius 1 is 0.811 bits per heavy atom. The van der Waals surface area contributed by atoms with Gasteiger partial charge in [0.1, 0.15) is 29.5 Å². The normalized spacial score (nSPS) is 17.5. The van der Waals surface area contributed by atoms with Gasteiger partial charge in [-0.3, -0.25) is 9.69 Å². The summed E-state index contributed by atoms with van der Waals surface area (Å²) in [5, 5.41) is 0. The van der Waals surface area contributed by atoms with Gasteiger partial charge in [-0.25, -0.2) is 8.78 Å². The number of hydrogen-bond acceptors (Lipinski definition) is 4. The van der Waals surface area contributed by atoms with Crippen molar-refractivity contribution in [1.82, 2.24) is 4.90 Å². The van der Waals surface area contributed by atoms with Crippen LogP contribution >= 0.6 is 0 Å². The first-order valence-corrected chi connectivity index (χ1v) is 12.2. The molecule has 0 aliphatic carbocycles. The van der Waals surface area contributed by atoms with Crippen LogP contribution in [0.3, 0.4) is 0 Å². The predicted octanol–water partition coefficient (Wildman–Crippen LogP) is 6.49. The highest BCUT2D eigenvalue weighted by Gasteiger charge is 2.38. The Balaban J connectivity index is 1.44. The van der Waals surface area contributed by atoms with E-state index in [0.717, 1.165) is 27.8 Å². The number of esters is 1. The van der Waals surface area contributed by atoms with Gasteiger partial charge < -0.3 is 9.47 Å². The first-order chi connectivity index (χ1) is 18.0. The molecule has 0 amide bonds.